The number of benzene rings is 1. The molecule has 0 aliphatic heterocycles. The lowest BCUT2D eigenvalue weighted by atomic mass is 10.2. The SMILES string of the molecule is CCNCc1cc(N)ccc1O. The maximum absolute atomic E-state index is 9.37. The van der Waals surface area contributed by atoms with Crippen LogP contribution in [0.3, 0.4) is 0 Å². The molecule has 1 aromatic rings. The van der Waals surface area contributed by atoms with Crippen LogP contribution in [0.25, 0.3) is 0 Å². The Morgan fingerprint density at radius 1 is 1.50 bits per heavy atom. The monoisotopic (exact) mass is 166 g/mol. The number of nitrogens with two attached hydrogens (primary N) is 1. The standard InChI is InChI=1S/C9H14N2O/c1-2-11-6-7-5-8(10)3-4-9(7)12/h3-5,11-12H,2,6,10H2,1H3. The zero-order valence-electron chi connectivity index (χ0n) is 7.17. The first-order valence-electron chi connectivity index (χ1n) is 4.02. The quantitative estimate of drug-likeness (QED) is 0.465. The fraction of sp³-hybridized carbons (Fsp3) is 0.333. The highest BCUT2D eigenvalue weighted by atomic mass is 16.3. The Morgan fingerprint density at radius 3 is 2.92 bits per heavy atom. The van der Waals surface area contributed by atoms with Crippen molar-refractivity contribution >= 4 is 5.69 Å². The van der Waals surface area contributed by atoms with Crippen LogP contribution in [0.15, 0.2) is 18.2 Å². The molecule has 0 saturated carbocycles. The minimum Gasteiger partial charge on any atom is -0.508 e. The number of phenols is 1. The van der Waals surface area contributed by atoms with E-state index < -0.39 is 0 Å². The van der Waals surface area contributed by atoms with Crippen molar-refractivity contribution < 1.29 is 5.11 Å². The zero-order chi connectivity index (χ0) is 8.97. The van der Waals surface area contributed by atoms with Crippen LogP contribution in [0.2, 0.25) is 0 Å². The molecule has 0 amide bonds. The van der Waals surface area contributed by atoms with E-state index in [2.05, 4.69) is 5.32 Å². The summed E-state index contributed by atoms with van der Waals surface area (Å²) in [4.78, 5) is 0. The van der Waals surface area contributed by atoms with Gasteiger partial charge in [0.15, 0.2) is 0 Å². The van der Waals surface area contributed by atoms with E-state index >= 15 is 0 Å². The average Bonchev–Trinajstić information content (AvgIpc) is 2.07. The van der Waals surface area contributed by atoms with Crippen LogP contribution in [-0.2, 0) is 6.54 Å². The molecule has 3 nitrogen and oxygen atoms in total. The van der Waals surface area contributed by atoms with Crippen LogP contribution in [0, 0.1) is 0 Å². The summed E-state index contributed by atoms with van der Waals surface area (Å²) in [6.45, 7) is 3.56. The Bertz CT molecular complexity index is 261. The highest BCUT2D eigenvalue weighted by Crippen LogP contribution is 2.18. The Balaban J connectivity index is 2.75. The van der Waals surface area contributed by atoms with Gasteiger partial charge in [0.2, 0.25) is 0 Å². The number of hydrogen-bond donors (Lipinski definition) is 3. The number of aromatic hydroxyl groups is 1. The molecule has 12 heavy (non-hydrogen) atoms. The Hall–Kier alpha value is -1.22. The number of rotatable bonds is 3. The van der Waals surface area contributed by atoms with Crippen LogP contribution in [0.4, 0.5) is 5.69 Å². The van der Waals surface area contributed by atoms with E-state index in [0.29, 0.717) is 18.0 Å². The largest absolute Gasteiger partial charge is 0.508 e. The van der Waals surface area contributed by atoms with Crippen molar-refractivity contribution in [2.24, 2.45) is 0 Å². The van der Waals surface area contributed by atoms with E-state index in [9.17, 15) is 5.11 Å². The molecule has 0 saturated heterocycles. The number of nitrogens with one attached hydrogen (secondary N) is 1. The van der Waals surface area contributed by atoms with Crippen LogP contribution < -0.4 is 11.1 Å². The third kappa shape index (κ3) is 2.13. The van der Waals surface area contributed by atoms with Crippen LogP contribution in [0.1, 0.15) is 12.5 Å². The fourth-order valence-corrected chi connectivity index (χ4v) is 1.01. The highest BCUT2D eigenvalue weighted by Gasteiger charge is 1.99. The summed E-state index contributed by atoms with van der Waals surface area (Å²) in [7, 11) is 0. The van der Waals surface area contributed by atoms with Crippen molar-refractivity contribution in [3.05, 3.63) is 23.8 Å². The van der Waals surface area contributed by atoms with Gasteiger partial charge in [-0.25, -0.2) is 0 Å². The average molecular weight is 166 g/mol. The summed E-state index contributed by atoms with van der Waals surface area (Å²) in [5, 5.41) is 12.5. The lowest BCUT2D eigenvalue weighted by Crippen LogP contribution is -2.11. The molecule has 0 aliphatic carbocycles. The lowest BCUT2D eigenvalue weighted by Gasteiger charge is -2.05. The van der Waals surface area contributed by atoms with Gasteiger partial charge in [-0.3, -0.25) is 0 Å². The summed E-state index contributed by atoms with van der Waals surface area (Å²) >= 11 is 0. The van der Waals surface area contributed by atoms with E-state index in [1.165, 1.54) is 0 Å². The van der Waals surface area contributed by atoms with Crippen molar-refractivity contribution in [3.63, 3.8) is 0 Å². The van der Waals surface area contributed by atoms with Gasteiger partial charge in [0, 0.05) is 17.8 Å². The predicted octanol–water partition coefficient (Wildman–Crippen LogP) is 1.08. The molecule has 1 rings (SSSR count). The van der Waals surface area contributed by atoms with E-state index in [0.717, 1.165) is 12.1 Å². The summed E-state index contributed by atoms with van der Waals surface area (Å²) in [6.07, 6.45) is 0. The second kappa shape index (κ2) is 3.97. The topological polar surface area (TPSA) is 58.3 Å². The molecule has 0 bridgehead atoms. The second-order valence-corrected chi connectivity index (χ2v) is 2.67. The van der Waals surface area contributed by atoms with Crippen molar-refractivity contribution in [1.82, 2.24) is 5.32 Å². The van der Waals surface area contributed by atoms with E-state index in [-0.39, 0.29) is 0 Å². The van der Waals surface area contributed by atoms with Gasteiger partial charge in [-0.1, -0.05) is 6.92 Å². The van der Waals surface area contributed by atoms with Crippen LogP contribution in [0.5, 0.6) is 5.75 Å². The zero-order valence-corrected chi connectivity index (χ0v) is 7.17. The van der Waals surface area contributed by atoms with Gasteiger partial charge < -0.3 is 16.2 Å². The van der Waals surface area contributed by atoms with Gasteiger partial charge >= 0.3 is 0 Å². The molecule has 3 heteroatoms. The fourth-order valence-electron chi connectivity index (χ4n) is 1.01. The van der Waals surface area contributed by atoms with Crippen molar-refractivity contribution in [3.8, 4) is 5.75 Å². The third-order valence-corrected chi connectivity index (χ3v) is 1.67. The van der Waals surface area contributed by atoms with Gasteiger partial charge in [0.05, 0.1) is 0 Å². The first kappa shape index (κ1) is 8.87. The first-order chi connectivity index (χ1) is 5.74. The maximum atomic E-state index is 9.37. The third-order valence-electron chi connectivity index (χ3n) is 1.67. The van der Waals surface area contributed by atoms with Crippen molar-refractivity contribution in [2.75, 3.05) is 12.3 Å². The molecule has 0 spiro atoms. The van der Waals surface area contributed by atoms with E-state index in [1.54, 1.807) is 18.2 Å². The molecule has 0 aliphatic rings. The molecule has 0 unspecified atom stereocenters. The normalized spacial score (nSPS) is 10.1. The molecule has 0 atom stereocenters. The van der Waals surface area contributed by atoms with Gasteiger partial charge in [0.1, 0.15) is 5.75 Å². The summed E-state index contributed by atoms with van der Waals surface area (Å²) < 4.78 is 0. The highest BCUT2D eigenvalue weighted by molar-refractivity contribution is 5.47. The smallest absolute Gasteiger partial charge is 0.120 e. The summed E-state index contributed by atoms with van der Waals surface area (Å²) in [5.41, 5.74) is 7.09. The number of nitrogen functional groups attached to an aromatic ring is 1. The molecule has 0 radical (unpaired) electrons. The Morgan fingerprint density at radius 2 is 2.25 bits per heavy atom. The minimum atomic E-state index is 0.296. The first-order valence-corrected chi connectivity index (χ1v) is 4.02. The van der Waals surface area contributed by atoms with Crippen LogP contribution >= 0.6 is 0 Å². The Kier molecular flexibility index (Phi) is 2.94. The van der Waals surface area contributed by atoms with Gasteiger partial charge in [-0.05, 0) is 24.7 Å². The minimum absolute atomic E-state index is 0.296. The number of hydrogen-bond acceptors (Lipinski definition) is 3. The molecule has 4 N–H and O–H groups in total. The molecule has 0 heterocycles. The number of phenolic OH excluding ortho intramolecular Hbond substituents is 1. The maximum Gasteiger partial charge on any atom is 0.120 e. The molecule has 1 aromatic carbocycles. The van der Waals surface area contributed by atoms with Crippen molar-refractivity contribution in [1.29, 1.82) is 0 Å². The summed E-state index contributed by atoms with van der Waals surface area (Å²) in [6, 6.07) is 5.07. The van der Waals surface area contributed by atoms with E-state index in [1.807, 2.05) is 6.92 Å². The number of anilines is 1. The lowest BCUT2D eigenvalue weighted by molar-refractivity contribution is 0.465. The van der Waals surface area contributed by atoms with E-state index in [4.69, 9.17) is 5.73 Å². The molecule has 66 valence electrons. The predicted molar refractivity (Wildman–Crippen MR) is 49.9 cm³/mol. The second-order valence-electron chi connectivity index (χ2n) is 2.67. The molecular formula is C9H14N2O. The van der Waals surface area contributed by atoms with Crippen molar-refractivity contribution in [2.45, 2.75) is 13.5 Å². The van der Waals surface area contributed by atoms with Gasteiger partial charge in [0.25, 0.3) is 0 Å². The molecule has 0 aromatic heterocycles. The van der Waals surface area contributed by atoms with Gasteiger partial charge in [-0.2, -0.15) is 0 Å². The van der Waals surface area contributed by atoms with Gasteiger partial charge in [-0.15, -0.1) is 0 Å². The summed E-state index contributed by atoms with van der Waals surface area (Å²) in [5.74, 6) is 0.296. The molecule has 0 fully saturated rings. The Labute approximate surface area is 72.2 Å². The van der Waals surface area contributed by atoms with Crippen LogP contribution in [-0.4, -0.2) is 11.7 Å². The molecular weight excluding hydrogens is 152 g/mol.